The fourth-order valence-corrected chi connectivity index (χ4v) is 5.38. The number of benzene rings is 3. The number of carbonyl (C=O) groups is 2. The van der Waals surface area contributed by atoms with Crippen molar-refractivity contribution < 1.29 is 45.8 Å². The molecule has 0 spiro atoms. The molecular weight excluding hydrogens is 605 g/mol. The molecule has 4 rings (SSSR count). The number of fused-ring (bicyclic) bond motifs is 1. The Kier molecular flexibility index (Phi) is 9.49. The third-order valence-corrected chi connectivity index (χ3v) is 8.00. The van der Waals surface area contributed by atoms with Gasteiger partial charge in [-0.25, -0.2) is 23.0 Å². The number of sulfonamides is 1. The quantitative estimate of drug-likeness (QED) is 0.136. The molecule has 0 fully saturated rings. The lowest BCUT2D eigenvalue weighted by Gasteiger charge is -2.30. The molecule has 1 heterocycles. The zero-order valence-electron chi connectivity index (χ0n) is 23.5. The number of esters is 1. The number of rotatable bonds is 12. The second-order valence-corrected chi connectivity index (χ2v) is 12.1. The number of hydrogen-bond donors (Lipinski definition) is 3. The van der Waals surface area contributed by atoms with Gasteiger partial charge in [-0.2, -0.15) is 13.2 Å². The Morgan fingerprint density at radius 2 is 1.73 bits per heavy atom. The molecule has 0 aliphatic heterocycles. The van der Waals surface area contributed by atoms with Gasteiger partial charge in [0.05, 0.1) is 16.7 Å². The van der Waals surface area contributed by atoms with Crippen LogP contribution in [0.2, 0.25) is 0 Å². The van der Waals surface area contributed by atoms with Gasteiger partial charge in [-0.1, -0.05) is 36.4 Å². The Balaban J connectivity index is 1.50. The van der Waals surface area contributed by atoms with E-state index in [-0.39, 0.29) is 28.4 Å². The van der Waals surface area contributed by atoms with Crippen LogP contribution in [-0.2, 0) is 26.1 Å². The highest BCUT2D eigenvalue weighted by Gasteiger charge is 2.42. The van der Waals surface area contributed by atoms with E-state index in [9.17, 15) is 31.2 Å². The number of nitrogens with zero attached hydrogens (tertiary/aromatic N) is 2. The topological polar surface area (TPSA) is 149 Å². The number of carbonyl (C=O) groups excluding carboxylic acids is 1. The van der Waals surface area contributed by atoms with Gasteiger partial charge in [-0.3, -0.25) is 4.72 Å². The third kappa shape index (κ3) is 8.26. The van der Waals surface area contributed by atoms with E-state index in [1.54, 1.807) is 48.7 Å². The second-order valence-electron chi connectivity index (χ2n) is 10.4. The maximum atomic E-state index is 13.2. The Labute approximate surface area is 250 Å². The van der Waals surface area contributed by atoms with Crippen LogP contribution >= 0.6 is 0 Å². The predicted molar refractivity (Wildman–Crippen MR) is 154 cm³/mol. The summed E-state index contributed by atoms with van der Waals surface area (Å²) < 4.78 is 78.8. The van der Waals surface area contributed by atoms with Crippen LogP contribution in [0.3, 0.4) is 0 Å². The van der Waals surface area contributed by atoms with Crippen LogP contribution in [0.4, 0.5) is 23.7 Å². The summed E-state index contributed by atoms with van der Waals surface area (Å²) in [5.41, 5.74) is 0.456. The van der Waals surface area contributed by atoms with E-state index in [0.717, 1.165) is 0 Å². The van der Waals surface area contributed by atoms with E-state index in [0.29, 0.717) is 24.0 Å². The number of anilines is 1. The van der Waals surface area contributed by atoms with Crippen molar-refractivity contribution in [2.24, 2.45) is 0 Å². The number of carboxylic acid groups (broad SMARTS) is 1. The van der Waals surface area contributed by atoms with Crippen molar-refractivity contribution in [2.45, 2.75) is 49.5 Å². The van der Waals surface area contributed by atoms with Crippen molar-refractivity contribution in [3.05, 3.63) is 84.7 Å². The van der Waals surface area contributed by atoms with Crippen molar-refractivity contribution in [3.8, 4) is 5.75 Å². The van der Waals surface area contributed by atoms with Crippen LogP contribution in [-0.4, -0.2) is 53.5 Å². The minimum Gasteiger partial charge on any atom is -0.449 e. The van der Waals surface area contributed by atoms with Gasteiger partial charge in [0.15, 0.2) is 5.75 Å². The molecule has 234 valence electrons. The first-order valence-electron chi connectivity index (χ1n) is 13.2. The van der Waals surface area contributed by atoms with Gasteiger partial charge in [-0.15, -0.1) is 0 Å². The van der Waals surface area contributed by atoms with Crippen LogP contribution < -0.4 is 14.8 Å². The lowest BCUT2D eigenvalue weighted by molar-refractivity contribution is -0.205. The van der Waals surface area contributed by atoms with Gasteiger partial charge >= 0.3 is 18.3 Å². The van der Waals surface area contributed by atoms with E-state index >= 15 is 0 Å². The molecule has 3 aromatic carbocycles. The van der Waals surface area contributed by atoms with E-state index in [1.807, 2.05) is 0 Å². The highest BCUT2D eigenvalue weighted by molar-refractivity contribution is 7.92. The standard InChI is InChI=1S/C29H29F3N4O7S/c1-28(2,14-15-36-18-33-25-22(36)12-7-13-23(25)43-27(38)39)34-17-24(42-26(37)29(30,31)32)19-8-6-9-20(16-19)35-44(40,41)21-10-4-3-5-11-21/h3-13,16,18,24,34-35H,14-15,17H2,1-2H3,(H,38,39). The van der Waals surface area contributed by atoms with Gasteiger partial charge in [0.1, 0.15) is 11.6 Å². The molecule has 44 heavy (non-hydrogen) atoms. The minimum absolute atomic E-state index is 0.00910. The van der Waals surface area contributed by atoms with Crippen LogP contribution in [0.25, 0.3) is 11.0 Å². The highest BCUT2D eigenvalue weighted by Crippen LogP contribution is 2.28. The monoisotopic (exact) mass is 634 g/mol. The predicted octanol–water partition coefficient (Wildman–Crippen LogP) is 5.50. The Morgan fingerprint density at radius 3 is 2.41 bits per heavy atom. The number of alkyl halides is 3. The Hall–Kier alpha value is -4.63. The number of ether oxygens (including phenoxy) is 2. The van der Waals surface area contributed by atoms with Crippen LogP contribution in [0, 0.1) is 0 Å². The molecule has 11 nitrogen and oxygen atoms in total. The SMILES string of the molecule is CC(C)(CCn1cnc2c(OC(=O)O)cccc21)NCC(OC(=O)C(F)(F)F)c1cccc(NS(=O)(=O)c2ccccc2)c1. The summed E-state index contributed by atoms with van der Waals surface area (Å²) in [4.78, 5) is 27.0. The highest BCUT2D eigenvalue weighted by atomic mass is 32.2. The zero-order valence-corrected chi connectivity index (χ0v) is 24.4. The summed E-state index contributed by atoms with van der Waals surface area (Å²) in [6, 6.07) is 18.0. The van der Waals surface area contributed by atoms with Gasteiger partial charge < -0.3 is 24.5 Å². The molecule has 1 atom stereocenters. The first-order valence-corrected chi connectivity index (χ1v) is 14.7. The summed E-state index contributed by atoms with van der Waals surface area (Å²) in [6.45, 7) is 3.76. The number of aryl methyl sites for hydroxylation is 1. The normalized spacial score (nSPS) is 12.9. The molecule has 1 aromatic heterocycles. The van der Waals surface area contributed by atoms with Crippen molar-refractivity contribution in [1.82, 2.24) is 14.9 Å². The number of hydrogen-bond acceptors (Lipinski definition) is 8. The maximum Gasteiger partial charge on any atom is 0.511 e. The maximum absolute atomic E-state index is 13.2. The number of aromatic nitrogens is 2. The Bertz CT molecular complexity index is 1740. The van der Waals surface area contributed by atoms with E-state index in [1.165, 1.54) is 48.8 Å². The average Bonchev–Trinajstić information content (AvgIpc) is 3.38. The molecule has 4 aromatic rings. The van der Waals surface area contributed by atoms with Gasteiger partial charge in [0, 0.05) is 24.3 Å². The number of para-hydroxylation sites is 1. The smallest absolute Gasteiger partial charge is 0.449 e. The lowest BCUT2D eigenvalue weighted by atomic mass is 9.99. The van der Waals surface area contributed by atoms with E-state index in [2.05, 4.69) is 15.0 Å². The molecule has 0 aliphatic carbocycles. The summed E-state index contributed by atoms with van der Waals surface area (Å²) in [6.07, 6.45) is -6.19. The molecule has 0 saturated carbocycles. The molecule has 0 radical (unpaired) electrons. The fourth-order valence-electron chi connectivity index (χ4n) is 4.31. The van der Waals surface area contributed by atoms with E-state index < -0.39 is 40.0 Å². The Morgan fingerprint density at radius 1 is 1.02 bits per heavy atom. The first kappa shape index (κ1) is 32.3. The third-order valence-electron chi connectivity index (χ3n) is 6.60. The molecule has 15 heteroatoms. The number of imidazole rings is 1. The molecule has 1 unspecified atom stereocenters. The number of halogens is 3. The molecular formula is C29H29F3N4O7S. The lowest BCUT2D eigenvalue weighted by Crippen LogP contribution is -2.43. The second kappa shape index (κ2) is 12.9. The average molecular weight is 635 g/mol. The van der Waals surface area contributed by atoms with Crippen LogP contribution in [0.5, 0.6) is 5.75 Å². The summed E-state index contributed by atoms with van der Waals surface area (Å²) in [5, 5.41) is 12.1. The molecule has 0 saturated heterocycles. The molecule has 3 N–H and O–H groups in total. The van der Waals surface area contributed by atoms with Gasteiger partial charge in [-0.05, 0) is 62.2 Å². The van der Waals surface area contributed by atoms with Crippen molar-refractivity contribution in [1.29, 1.82) is 0 Å². The van der Waals surface area contributed by atoms with Crippen LogP contribution in [0.1, 0.15) is 31.9 Å². The van der Waals surface area contributed by atoms with Crippen molar-refractivity contribution in [2.75, 3.05) is 11.3 Å². The molecule has 0 bridgehead atoms. The first-order chi connectivity index (χ1) is 20.6. The zero-order chi connectivity index (χ0) is 32.1. The fraction of sp³-hybridized carbons (Fsp3) is 0.276. The number of nitrogens with one attached hydrogen (secondary N) is 2. The summed E-state index contributed by atoms with van der Waals surface area (Å²) in [7, 11) is -3.99. The largest absolute Gasteiger partial charge is 0.511 e. The van der Waals surface area contributed by atoms with Gasteiger partial charge in [0.25, 0.3) is 10.0 Å². The summed E-state index contributed by atoms with van der Waals surface area (Å²) in [5.74, 6) is -2.31. The molecule has 0 amide bonds. The van der Waals surface area contributed by atoms with E-state index in [4.69, 9.17) is 14.6 Å². The van der Waals surface area contributed by atoms with Crippen molar-refractivity contribution in [3.63, 3.8) is 0 Å². The van der Waals surface area contributed by atoms with Gasteiger partial charge in [0.2, 0.25) is 0 Å². The minimum atomic E-state index is -5.24. The van der Waals surface area contributed by atoms with Crippen molar-refractivity contribution >= 4 is 38.9 Å². The summed E-state index contributed by atoms with van der Waals surface area (Å²) >= 11 is 0. The molecule has 0 aliphatic rings. The van der Waals surface area contributed by atoms with Crippen LogP contribution in [0.15, 0.2) is 84.0 Å².